The van der Waals surface area contributed by atoms with Gasteiger partial charge in [0.1, 0.15) is 0 Å². The van der Waals surface area contributed by atoms with Gasteiger partial charge >= 0.3 is 0 Å². The van der Waals surface area contributed by atoms with Crippen LogP contribution in [-0.2, 0) is 0 Å². The lowest BCUT2D eigenvalue weighted by Gasteiger charge is -2.36. The van der Waals surface area contributed by atoms with Gasteiger partial charge in [0.25, 0.3) is 0 Å². The number of nitrogens with zero attached hydrogens (tertiary/aromatic N) is 1. The summed E-state index contributed by atoms with van der Waals surface area (Å²) in [6, 6.07) is 19.5. The first-order valence-electron chi connectivity index (χ1n) is 8.93. The van der Waals surface area contributed by atoms with Crippen LogP contribution in [0.2, 0.25) is 0 Å². The molecule has 0 aliphatic carbocycles. The fraction of sp³-hybridized carbons (Fsp3) is 0.429. The van der Waals surface area contributed by atoms with Crippen molar-refractivity contribution in [3.05, 3.63) is 54.6 Å². The average Bonchev–Trinajstić information content (AvgIpc) is 2.79. The summed E-state index contributed by atoms with van der Waals surface area (Å²) in [5.41, 5.74) is 4.16. The van der Waals surface area contributed by atoms with E-state index in [2.05, 4.69) is 78.7 Å². The Hall–Kier alpha value is -1.96. The van der Waals surface area contributed by atoms with Crippen LogP contribution in [0.15, 0.2) is 54.6 Å². The third-order valence-corrected chi connectivity index (χ3v) is 5.22. The Morgan fingerprint density at radius 3 is 2.48 bits per heavy atom. The van der Waals surface area contributed by atoms with Crippen molar-refractivity contribution in [2.75, 3.05) is 23.3 Å². The Labute approximate surface area is 140 Å². The zero-order valence-electron chi connectivity index (χ0n) is 14.4. The van der Waals surface area contributed by atoms with Crippen molar-refractivity contribution < 1.29 is 0 Å². The summed E-state index contributed by atoms with van der Waals surface area (Å²) < 4.78 is 0. The summed E-state index contributed by atoms with van der Waals surface area (Å²) in [6.45, 7) is 6.77. The molecular formula is C21H28N2. The predicted octanol–water partition coefficient (Wildman–Crippen LogP) is 5.84. The van der Waals surface area contributed by atoms with E-state index in [1.165, 1.54) is 42.7 Å². The standard InChI is InChI=1S/C21H28N2/c1-3-5-15-21(4-2)16-22-19-13-9-10-14-20(19)23(17-21)18-11-7-6-8-12-18/h6-14,22H,3-5,15-17H2,1-2H3. The molecule has 1 aliphatic rings. The number of hydrogen-bond acceptors (Lipinski definition) is 2. The first-order chi connectivity index (χ1) is 11.3. The molecule has 0 radical (unpaired) electrons. The van der Waals surface area contributed by atoms with Crippen molar-refractivity contribution in [2.24, 2.45) is 5.41 Å². The maximum atomic E-state index is 3.73. The van der Waals surface area contributed by atoms with E-state index in [4.69, 9.17) is 0 Å². The van der Waals surface area contributed by atoms with Crippen LogP contribution in [0.25, 0.3) is 0 Å². The minimum absolute atomic E-state index is 0.324. The molecule has 0 aromatic heterocycles. The zero-order chi connectivity index (χ0) is 16.1. The molecule has 0 spiro atoms. The second kappa shape index (κ2) is 7.08. The fourth-order valence-corrected chi connectivity index (χ4v) is 3.59. The van der Waals surface area contributed by atoms with Crippen LogP contribution in [-0.4, -0.2) is 13.1 Å². The summed E-state index contributed by atoms with van der Waals surface area (Å²) in [4.78, 5) is 2.51. The van der Waals surface area contributed by atoms with E-state index in [1.807, 2.05) is 0 Å². The van der Waals surface area contributed by atoms with Gasteiger partial charge in [-0.2, -0.15) is 0 Å². The molecule has 1 N–H and O–H groups in total. The molecule has 3 rings (SSSR count). The summed E-state index contributed by atoms with van der Waals surface area (Å²) >= 11 is 0. The lowest BCUT2D eigenvalue weighted by atomic mass is 9.79. The lowest BCUT2D eigenvalue weighted by molar-refractivity contribution is 0.274. The molecule has 1 aliphatic heterocycles. The maximum absolute atomic E-state index is 3.73. The van der Waals surface area contributed by atoms with Gasteiger partial charge in [-0.1, -0.05) is 57.0 Å². The number of anilines is 3. The van der Waals surface area contributed by atoms with Crippen molar-refractivity contribution in [3.63, 3.8) is 0 Å². The van der Waals surface area contributed by atoms with Gasteiger partial charge in [0, 0.05) is 24.2 Å². The lowest BCUT2D eigenvalue weighted by Crippen LogP contribution is -2.38. The highest BCUT2D eigenvalue weighted by Crippen LogP contribution is 2.41. The van der Waals surface area contributed by atoms with Crippen LogP contribution in [0.4, 0.5) is 17.1 Å². The Balaban J connectivity index is 2.01. The van der Waals surface area contributed by atoms with Crippen molar-refractivity contribution in [2.45, 2.75) is 39.5 Å². The number of para-hydroxylation sites is 3. The molecule has 1 unspecified atom stereocenters. The number of fused-ring (bicyclic) bond motifs is 1. The van der Waals surface area contributed by atoms with Crippen molar-refractivity contribution in [1.82, 2.24) is 0 Å². The van der Waals surface area contributed by atoms with Gasteiger partial charge in [0.15, 0.2) is 0 Å². The highest BCUT2D eigenvalue weighted by molar-refractivity contribution is 5.77. The van der Waals surface area contributed by atoms with Gasteiger partial charge in [-0.15, -0.1) is 0 Å². The number of nitrogens with one attached hydrogen (secondary N) is 1. The van der Waals surface area contributed by atoms with Gasteiger partial charge in [-0.3, -0.25) is 0 Å². The predicted molar refractivity (Wildman–Crippen MR) is 101 cm³/mol. The van der Waals surface area contributed by atoms with Crippen molar-refractivity contribution in [1.29, 1.82) is 0 Å². The summed E-state index contributed by atoms with van der Waals surface area (Å²) in [7, 11) is 0. The van der Waals surface area contributed by atoms with Gasteiger partial charge in [-0.05, 0) is 37.1 Å². The van der Waals surface area contributed by atoms with Gasteiger partial charge in [0.2, 0.25) is 0 Å². The number of benzene rings is 2. The Morgan fingerprint density at radius 2 is 1.74 bits per heavy atom. The molecule has 0 fully saturated rings. The Bertz CT molecular complexity index is 623. The van der Waals surface area contributed by atoms with E-state index in [9.17, 15) is 0 Å². The zero-order valence-corrected chi connectivity index (χ0v) is 14.4. The third-order valence-electron chi connectivity index (χ3n) is 5.22. The van der Waals surface area contributed by atoms with E-state index in [0.717, 1.165) is 13.1 Å². The molecule has 23 heavy (non-hydrogen) atoms. The van der Waals surface area contributed by atoms with Crippen LogP contribution >= 0.6 is 0 Å². The normalized spacial score (nSPS) is 20.5. The minimum Gasteiger partial charge on any atom is -0.383 e. The quantitative estimate of drug-likeness (QED) is 0.746. The summed E-state index contributed by atoms with van der Waals surface area (Å²) in [6.07, 6.45) is 5.05. The summed E-state index contributed by atoms with van der Waals surface area (Å²) in [5, 5.41) is 3.73. The highest BCUT2D eigenvalue weighted by atomic mass is 15.2. The van der Waals surface area contributed by atoms with E-state index in [0.29, 0.717) is 5.41 Å². The number of unbranched alkanes of at least 4 members (excludes halogenated alkanes) is 1. The molecule has 2 aromatic carbocycles. The van der Waals surface area contributed by atoms with Crippen molar-refractivity contribution >= 4 is 17.1 Å². The molecule has 2 heteroatoms. The van der Waals surface area contributed by atoms with E-state index in [-0.39, 0.29) is 0 Å². The molecule has 2 nitrogen and oxygen atoms in total. The number of rotatable bonds is 5. The van der Waals surface area contributed by atoms with E-state index >= 15 is 0 Å². The van der Waals surface area contributed by atoms with Crippen LogP contribution in [0.1, 0.15) is 39.5 Å². The van der Waals surface area contributed by atoms with Crippen molar-refractivity contribution in [3.8, 4) is 0 Å². The Kier molecular flexibility index (Phi) is 4.90. The summed E-state index contributed by atoms with van der Waals surface area (Å²) in [5.74, 6) is 0. The molecule has 1 atom stereocenters. The molecule has 122 valence electrons. The van der Waals surface area contributed by atoms with Crippen LogP contribution in [0, 0.1) is 5.41 Å². The monoisotopic (exact) mass is 308 g/mol. The first kappa shape index (κ1) is 15.9. The number of hydrogen-bond donors (Lipinski definition) is 1. The van der Waals surface area contributed by atoms with Crippen LogP contribution in [0.5, 0.6) is 0 Å². The topological polar surface area (TPSA) is 15.3 Å². The molecule has 0 bridgehead atoms. The van der Waals surface area contributed by atoms with Crippen LogP contribution < -0.4 is 10.2 Å². The van der Waals surface area contributed by atoms with Gasteiger partial charge in [0.05, 0.1) is 11.4 Å². The van der Waals surface area contributed by atoms with E-state index in [1.54, 1.807) is 0 Å². The molecular weight excluding hydrogens is 280 g/mol. The molecule has 1 heterocycles. The smallest absolute Gasteiger partial charge is 0.0646 e. The first-order valence-corrected chi connectivity index (χ1v) is 8.93. The minimum atomic E-state index is 0.324. The van der Waals surface area contributed by atoms with E-state index < -0.39 is 0 Å². The second-order valence-electron chi connectivity index (χ2n) is 6.75. The maximum Gasteiger partial charge on any atom is 0.0646 e. The average molecular weight is 308 g/mol. The Morgan fingerprint density at radius 1 is 1.00 bits per heavy atom. The molecule has 0 saturated carbocycles. The third kappa shape index (κ3) is 3.36. The van der Waals surface area contributed by atoms with Gasteiger partial charge in [-0.25, -0.2) is 0 Å². The fourth-order valence-electron chi connectivity index (χ4n) is 3.59. The highest BCUT2D eigenvalue weighted by Gasteiger charge is 2.34. The SMILES string of the molecule is CCCCC1(CC)CNc2ccccc2N(c2ccccc2)C1. The molecule has 0 amide bonds. The van der Waals surface area contributed by atoms with Crippen LogP contribution in [0.3, 0.4) is 0 Å². The second-order valence-corrected chi connectivity index (χ2v) is 6.75. The molecule has 2 aromatic rings. The largest absolute Gasteiger partial charge is 0.383 e. The molecule has 0 saturated heterocycles. The van der Waals surface area contributed by atoms with Gasteiger partial charge < -0.3 is 10.2 Å².